The van der Waals surface area contributed by atoms with E-state index in [1.165, 1.54) is 0 Å². The number of fused-ring (bicyclic) bond motifs is 2. The zero-order valence-corrected chi connectivity index (χ0v) is 21.8. The summed E-state index contributed by atoms with van der Waals surface area (Å²) in [5, 5.41) is 2.96. The first kappa shape index (κ1) is 24.3. The third-order valence-corrected chi connectivity index (χ3v) is 8.44. The second-order valence-corrected chi connectivity index (χ2v) is 11.2. The number of ether oxygens (including phenoxy) is 1. The van der Waals surface area contributed by atoms with Gasteiger partial charge >= 0.3 is 5.97 Å². The quantitative estimate of drug-likeness (QED) is 0.344. The van der Waals surface area contributed by atoms with Gasteiger partial charge in [-0.05, 0) is 96.6 Å². The summed E-state index contributed by atoms with van der Waals surface area (Å²) in [7, 11) is 0. The summed E-state index contributed by atoms with van der Waals surface area (Å²) in [5.74, 6) is 0.0331. The number of halogens is 2. The number of nitrogens with one attached hydrogen (secondary N) is 1. The zero-order chi connectivity index (χ0) is 25.5. The van der Waals surface area contributed by atoms with Crippen molar-refractivity contribution in [2.75, 3.05) is 6.61 Å². The van der Waals surface area contributed by atoms with Gasteiger partial charge in [-0.3, -0.25) is 15.0 Å². The first-order valence-corrected chi connectivity index (χ1v) is 13.6. The molecule has 0 radical (unpaired) electrons. The molecule has 37 heavy (non-hydrogen) atoms. The van der Waals surface area contributed by atoms with Crippen molar-refractivity contribution in [3.8, 4) is 0 Å². The van der Waals surface area contributed by atoms with Gasteiger partial charge in [0.05, 0.1) is 11.6 Å². The maximum absolute atomic E-state index is 13.5. The Labute approximate surface area is 226 Å². The number of allylic oxidation sites excluding steroid dienone is 3. The minimum atomic E-state index is -0.294. The van der Waals surface area contributed by atoms with Crippen molar-refractivity contribution in [3.63, 3.8) is 0 Å². The zero-order valence-electron chi connectivity index (χ0n) is 20.3. The van der Waals surface area contributed by atoms with Gasteiger partial charge in [0.15, 0.2) is 6.61 Å². The van der Waals surface area contributed by atoms with Crippen molar-refractivity contribution < 1.29 is 14.3 Å². The molecular weight excluding hydrogens is 507 g/mol. The van der Waals surface area contributed by atoms with Gasteiger partial charge in [-0.1, -0.05) is 59.6 Å². The second kappa shape index (κ2) is 10.0. The Bertz CT molecular complexity index is 1310. The Kier molecular flexibility index (Phi) is 6.60. The molecule has 0 saturated heterocycles. The Hall–Kier alpha value is -3.02. The number of rotatable bonds is 5. The molecule has 3 aliphatic carbocycles. The lowest BCUT2D eigenvalue weighted by molar-refractivity contribution is -0.157. The molecule has 1 amide bonds. The molecule has 6 rings (SSSR count). The van der Waals surface area contributed by atoms with Crippen molar-refractivity contribution in [2.24, 2.45) is 17.8 Å². The third kappa shape index (κ3) is 4.83. The van der Waals surface area contributed by atoms with Gasteiger partial charge in [-0.2, -0.15) is 0 Å². The number of hydrogen-bond donors (Lipinski definition) is 1. The van der Waals surface area contributed by atoms with E-state index in [-0.39, 0.29) is 36.4 Å². The average Bonchev–Trinajstić information content (AvgIpc) is 3.64. The van der Waals surface area contributed by atoms with Gasteiger partial charge in [0.1, 0.15) is 6.04 Å². The molecule has 0 aromatic heterocycles. The minimum Gasteiger partial charge on any atom is -0.455 e. The molecular formula is C30H28Cl2N2O3. The lowest BCUT2D eigenvalue weighted by Gasteiger charge is -2.27. The van der Waals surface area contributed by atoms with Crippen LogP contribution in [0.25, 0.3) is 6.08 Å². The van der Waals surface area contributed by atoms with E-state index >= 15 is 0 Å². The highest BCUT2D eigenvalue weighted by molar-refractivity contribution is 6.30. The van der Waals surface area contributed by atoms with Gasteiger partial charge in [-0.15, -0.1) is 0 Å². The molecule has 2 bridgehead atoms. The summed E-state index contributed by atoms with van der Waals surface area (Å²) in [5.41, 5.74) is 8.68. The number of esters is 1. The first-order chi connectivity index (χ1) is 18.0. The van der Waals surface area contributed by atoms with Crippen LogP contribution < -0.4 is 5.43 Å². The summed E-state index contributed by atoms with van der Waals surface area (Å²) in [6.45, 7) is -0.287. The maximum Gasteiger partial charge on any atom is 0.310 e. The molecule has 1 aliphatic heterocycles. The molecule has 4 aliphatic rings. The number of amides is 1. The fourth-order valence-electron chi connectivity index (χ4n) is 6.15. The van der Waals surface area contributed by atoms with E-state index in [1.807, 2.05) is 48.5 Å². The van der Waals surface area contributed by atoms with Gasteiger partial charge in [0, 0.05) is 10.0 Å². The Balaban J connectivity index is 1.25. The van der Waals surface area contributed by atoms with Crippen LogP contribution >= 0.6 is 23.2 Å². The lowest BCUT2D eigenvalue weighted by Crippen LogP contribution is -2.43. The standard InChI is InChI=1S/C30H28Cl2N2O3/c31-23-10-5-18(6-11-23)14-22-2-1-3-25-28(22)33-34(29(25)20-8-12-24(32)13-9-20)27(35)17-37-30(36)26-16-19-4-7-21(26)15-19/h4-14,19,21,26,29,33H,1-3,15-17H2/b22-14-/t19-,21+,26+,29-/m0/s1. The molecule has 2 aromatic rings. The number of benzene rings is 2. The van der Waals surface area contributed by atoms with Crippen LogP contribution in [-0.2, 0) is 14.3 Å². The van der Waals surface area contributed by atoms with Crippen molar-refractivity contribution >= 4 is 41.2 Å². The van der Waals surface area contributed by atoms with Crippen molar-refractivity contribution in [3.05, 3.63) is 98.7 Å². The summed E-state index contributed by atoms with van der Waals surface area (Å²) in [6, 6.07) is 15.0. The van der Waals surface area contributed by atoms with Crippen LogP contribution in [-0.4, -0.2) is 23.5 Å². The highest BCUT2D eigenvalue weighted by atomic mass is 35.5. The van der Waals surface area contributed by atoms with Gasteiger partial charge in [0.25, 0.3) is 5.91 Å². The van der Waals surface area contributed by atoms with E-state index in [9.17, 15) is 9.59 Å². The lowest BCUT2D eigenvalue weighted by atomic mass is 9.86. The highest BCUT2D eigenvalue weighted by Gasteiger charge is 2.42. The van der Waals surface area contributed by atoms with E-state index in [4.69, 9.17) is 27.9 Å². The van der Waals surface area contributed by atoms with Crippen LogP contribution in [0.2, 0.25) is 10.0 Å². The average molecular weight is 535 g/mol. The molecule has 0 unspecified atom stereocenters. The minimum absolute atomic E-state index is 0.137. The Morgan fingerprint density at radius 1 is 0.973 bits per heavy atom. The summed E-state index contributed by atoms with van der Waals surface area (Å²) in [6.07, 6.45) is 11.0. The molecule has 4 atom stereocenters. The van der Waals surface area contributed by atoms with Crippen LogP contribution in [0.3, 0.4) is 0 Å². The summed E-state index contributed by atoms with van der Waals surface area (Å²) in [4.78, 5) is 26.3. The first-order valence-electron chi connectivity index (χ1n) is 12.8. The predicted molar refractivity (Wildman–Crippen MR) is 144 cm³/mol. The number of carbonyl (C=O) groups is 2. The van der Waals surface area contributed by atoms with Crippen molar-refractivity contribution in [1.82, 2.24) is 10.4 Å². The molecule has 190 valence electrons. The molecule has 5 nitrogen and oxygen atoms in total. The largest absolute Gasteiger partial charge is 0.455 e. The summed E-state index contributed by atoms with van der Waals surface area (Å²) < 4.78 is 5.57. The van der Waals surface area contributed by atoms with E-state index in [0.29, 0.717) is 16.0 Å². The van der Waals surface area contributed by atoms with Crippen LogP contribution in [0.1, 0.15) is 49.3 Å². The Morgan fingerprint density at radius 2 is 1.70 bits per heavy atom. The van der Waals surface area contributed by atoms with Crippen LogP contribution in [0, 0.1) is 17.8 Å². The molecule has 1 saturated carbocycles. The van der Waals surface area contributed by atoms with Gasteiger partial charge in [-0.25, -0.2) is 5.01 Å². The molecule has 7 heteroatoms. The van der Waals surface area contributed by atoms with Crippen molar-refractivity contribution in [1.29, 1.82) is 0 Å². The molecule has 0 spiro atoms. The molecule has 1 fully saturated rings. The smallest absolute Gasteiger partial charge is 0.310 e. The highest BCUT2D eigenvalue weighted by Crippen LogP contribution is 2.45. The number of hydrazine groups is 1. The van der Waals surface area contributed by atoms with Gasteiger partial charge in [0.2, 0.25) is 0 Å². The van der Waals surface area contributed by atoms with Crippen LogP contribution in [0.15, 0.2) is 77.5 Å². The molecule has 1 N–H and O–H groups in total. The molecule has 1 heterocycles. The van der Waals surface area contributed by atoms with Crippen molar-refractivity contribution in [2.45, 2.75) is 38.1 Å². The normalized spacial score (nSPS) is 27.0. The van der Waals surface area contributed by atoms with E-state index < -0.39 is 0 Å². The van der Waals surface area contributed by atoms with E-state index in [1.54, 1.807) is 5.01 Å². The maximum atomic E-state index is 13.5. The van der Waals surface area contributed by atoms with Gasteiger partial charge < -0.3 is 4.74 Å². The topological polar surface area (TPSA) is 58.6 Å². The van der Waals surface area contributed by atoms with Crippen LogP contribution in [0.4, 0.5) is 0 Å². The predicted octanol–water partition coefficient (Wildman–Crippen LogP) is 6.66. The molecule has 2 aromatic carbocycles. The van der Waals surface area contributed by atoms with E-state index in [2.05, 4.69) is 23.7 Å². The fourth-order valence-corrected chi connectivity index (χ4v) is 6.40. The summed E-state index contributed by atoms with van der Waals surface area (Å²) >= 11 is 12.2. The second-order valence-electron chi connectivity index (χ2n) is 10.3. The SMILES string of the molecule is O=C(OCC(=O)N1NC2=C(CCC/C2=C/c2ccc(Cl)cc2)[C@@H]1c1ccc(Cl)cc1)[C@@H]1C[C@H]2C=C[C@@H]1C2. The number of hydrogen-bond acceptors (Lipinski definition) is 4. The third-order valence-electron chi connectivity index (χ3n) is 7.94. The monoisotopic (exact) mass is 534 g/mol. The number of carbonyl (C=O) groups excluding carboxylic acids is 2. The number of nitrogens with zero attached hydrogens (tertiary/aromatic N) is 1. The van der Waals surface area contributed by atoms with E-state index in [0.717, 1.165) is 60.1 Å². The van der Waals surface area contributed by atoms with Crippen LogP contribution in [0.5, 0.6) is 0 Å². The Morgan fingerprint density at radius 3 is 2.38 bits per heavy atom. The fraction of sp³-hybridized carbons (Fsp3) is 0.333.